The molecule has 0 spiro atoms. The molecule has 654 valence electrons. The summed E-state index contributed by atoms with van der Waals surface area (Å²) in [6.45, 7) is 7.10. The smallest absolute Gasteiger partial charge is 0.313 e. The minimum atomic E-state index is -0.836. The SMILES string of the molecule is CN1CC[C@H](c2c(O)cc(O)c3c(=O)cc(-c4ccccc4Cl)oc23)[C@H](O)C1.COCCOCCC(=O)O.COCCOCCC(=O)O[C@@H]1CN(C)CC[C@@H]1c1c(O)cc(O)c2c(=O)cc(-c3ccccc3Cl)oc12.COCCOCCC(=O)Oc1cc(O)c2c(=O)cc(-c3ccccc3Cl)oc2c1[C@H]1CCN(C)C[C@H]1OC(=O)CCOCCOC. The fraction of sp³-hybridized carbons (Fsp3) is 0.437. The average Bonchev–Trinajstić information content (AvgIpc) is 0.564. The molecule has 0 unspecified atom stereocenters. The molecular weight excluding hydrogens is 1640 g/mol. The first-order valence-corrected chi connectivity index (χ1v) is 40.3. The number of benzene rings is 6. The molecule has 0 radical (unpaired) electrons. The van der Waals surface area contributed by atoms with Crippen molar-refractivity contribution in [3.8, 4) is 68.5 Å². The highest BCUT2D eigenvalue weighted by molar-refractivity contribution is 6.34. The first-order chi connectivity index (χ1) is 58.2. The molecule has 6 aromatic carbocycles. The number of carboxylic acids is 1. The van der Waals surface area contributed by atoms with E-state index in [-0.39, 0.29) is 125 Å². The number of piperidine rings is 3. The van der Waals surface area contributed by atoms with E-state index in [0.717, 1.165) is 18.7 Å². The minimum Gasteiger partial charge on any atom is -0.507 e. The Labute approximate surface area is 712 Å². The number of aliphatic carboxylic acids is 1. The number of ether oxygens (including phenoxy) is 11. The van der Waals surface area contributed by atoms with E-state index in [9.17, 15) is 64.2 Å². The summed E-state index contributed by atoms with van der Waals surface area (Å²) >= 11 is 19.0. The van der Waals surface area contributed by atoms with Crippen LogP contribution in [-0.2, 0) is 66.5 Å². The van der Waals surface area contributed by atoms with E-state index in [1.807, 2.05) is 35.8 Å². The molecule has 0 saturated carbocycles. The lowest BCUT2D eigenvalue weighted by molar-refractivity contribution is -0.155. The Kier molecular flexibility index (Phi) is 36.9. The van der Waals surface area contributed by atoms with Gasteiger partial charge in [-0.05, 0) is 96.4 Å². The molecule has 31 nitrogen and oxygen atoms in total. The zero-order valence-electron chi connectivity index (χ0n) is 68.2. The number of phenols is 5. The van der Waals surface area contributed by atoms with Crippen molar-refractivity contribution in [2.75, 3.05) is 168 Å². The summed E-state index contributed by atoms with van der Waals surface area (Å²) in [6, 6.07) is 28.0. The molecule has 3 saturated heterocycles. The molecule has 0 aliphatic carbocycles. The summed E-state index contributed by atoms with van der Waals surface area (Å²) in [5.74, 6) is -4.92. The number of hydrogen-bond acceptors (Lipinski definition) is 30. The van der Waals surface area contributed by atoms with Crippen molar-refractivity contribution in [2.45, 2.75) is 81.0 Å². The minimum absolute atomic E-state index is 0.00940. The number of halogens is 3. The molecule has 3 fully saturated rings. The van der Waals surface area contributed by atoms with Crippen LogP contribution in [0.25, 0.3) is 66.9 Å². The van der Waals surface area contributed by atoms with E-state index >= 15 is 0 Å². The average molecular weight is 1740 g/mol. The van der Waals surface area contributed by atoms with Gasteiger partial charge in [-0.1, -0.05) is 71.2 Å². The van der Waals surface area contributed by atoms with Gasteiger partial charge in [-0.25, -0.2) is 0 Å². The van der Waals surface area contributed by atoms with Gasteiger partial charge in [0.1, 0.15) is 96.9 Å². The molecule has 34 heteroatoms. The molecule has 12 rings (SSSR count). The van der Waals surface area contributed by atoms with Crippen LogP contribution >= 0.6 is 34.8 Å². The van der Waals surface area contributed by atoms with E-state index in [0.29, 0.717) is 153 Å². The number of fused-ring (bicyclic) bond motifs is 3. The lowest BCUT2D eigenvalue weighted by atomic mass is 9.85. The summed E-state index contributed by atoms with van der Waals surface area (Å²) < 4.78 is 76.7. The number of aliphatic hydroxyl groups is 1. The third-order valence-electron chi connectivity index (χ3n) is 20.1. The number of carboxylic acid groups (broad SMARTS) is 1. The fourth-order valence-corrected chi connectivity index (χ4v) is 14.9. The van der Waals surface area contributed by atoms with E-state index < -0.39 is 87.7 Å². The molecule has 6 heterocycles. The number of nitrogens with zero attached hydrogens (tertiary/aromatic N) is 3. The standard InChI is InChI=1S/C33H40ClNO11.C27H30ClNO8.C21H20ClNO5.C6H12O4/c1-35-11-8-22(28(20-35)45-30(39)10-13-43-17-15-41-3)31-27(44-29(38)9-12-42-16-14-40-2)19-25(37)32-24(36)18-26(46-33(31)32)21-6-4-5-7-23(21)34;1-29-9-7-17(23(15-29)36-24(33)8-10-35-12-11-34-2)25-19(30)13-20(31)26-21(32)14-22(37-27(25)26)16-5-3-4-6-18(16)28;1-23-7-6-12(17(27)10-23)19-14(24)8-15(25)20-16(26)9-18(28-21(19)20)11-4-2-3-5-13(11)22;1-9-4-5-10-3-2-6(7)8/h4-7,18-19,22,28,37H,8-17,20H2,1-3H3;3-6,13-14,17,23,30-31H,7-12,15H2,1-2H3;2-5,8-9,12,17,24-25,27H,6-7,10H2,1H3;2-5H2,1H3,(H,7,8)/t22-,28+;17-,23+;12-,17+;/m000./s1. The van der Waals surface area contributed by atoms with Crippen molar-refractivity contribution in [1.29, 1.82) is 0 Å². The molecule has 9 aromatic rings. The maximum atomic E-state index is 13.5. The monoisotopic (exact) mass is 1740 g/mol. The van der Waals surface area contributed by atoms with Gasteiger partial charge in [0.25, 0.3) is 0 Å². The molecule has 3 aliphatic rings. The summed E-state index contributed by atoms with van der Waals surface area (Å²) in [5.41, 5.74) is 1.14. The second-order valence-corrected chi connectivity index (χ2v) is 30.0. The van der Waals surface area contributed by atoms with Crippen molar-refractivity contribution in [1.82, 2.24) is 14.7 Å². The molecule has 121 heavy (non-hydrogen) atoms. The highest BCUT2D eigenvalue weighted by Crippen LogP contribution is 2.48. The van der Waals surface area contributed by atoms with Gasteiger partial charge in [-0.15, -0.1) is 0 Å². The lowest BCUT2D eigenvalue weighted by Crippen LogP contribution is -2.43. The molecule has 0 bridgehead atoms. The van der Waals surface area contributed by atoms with Crippen molar-refractivity contribution in [2.24, 2.45) is 0 Å². The van der Waals surface area contributed by atoms with E-state index in [4.69, 9.17) is 101 Å². The van der Waals surface area contributed by atoms with Crippen LogP contribution in [0.2, 0.25) is 15.1 Å². The van der Waals surface area contributed by atoms with Crippen LogP contribution in [0.15, 0.2) is 137 Å². The number of β-amino-alcohol motifs (C(OH)–C–C–N with tert-alkyl or cyclic N) is 1. The summed E-state index contributed by atoms with van der Waals surface area (Å²) in [7, 11) is 12.0. The summed E-state index contributed by atoms with van der Waals surface area (Å²) in [4.78, 5) is 93.9. The van der Waals surface area contributed by atoms with E-state index in [1.54, 1.807) is 101 Å². The molecule has 6 atom stereocenters. The number of carbonyl (C=O) groups excluding carboxylic acids is 3. The van der Waals surface area contributed by atoms with Gasteiger partial charge < -0.3 is 116 Å². The number of aromatic hydroxyl groups is 5. The topological polar surface area (TPSA) is 412 Å². The Morgan fingerprint density at radius 2 is 0.727 bits per heavy atom. The largest absolute Gasteiger partial charge is 0.507 e. The Hall–Kier alpha value is -9.78. The van der Waals surface area contributed by atoms with E-state index in [1.165, 1.54) is 24.3 Å². The van der Waals surface area contributed by atoms with Crippen LogP contribution in [0.1, 0.15) is 79.4 Å². The Morgan fingerprint density at radius 3 is 1.09 bits per heavy atom. The van der Waals surface area contributed by atoms with Crippen molar-refractivity contribution in [3.05, 3.63) is 172 Å². The second kappa shape index (κ2) is 47.0. The van der Waals surface area contributed by atoms with Crippen LogP contribution in [0.5, 0.6) is 34.5 Å². The maximum Gasteiger partial charge on any atom is 0.313 e. The first-order valence-electron chi connectivity index (χ1n) is 39.1. The summed E-state index contributed by atoms with van der Waals surface area (Å²) in [5, 5.41) is 73.1. The van der Waals surface area contributed by atoms with Crippen molar-refractivity contribution < 1.29 is 120 Å². The van der Waals surface area contributed by atoms with Gasteiger partial charge in [0.05, 0.1) is 126 Å². The number of aliphatic hydroxyl groups excluding tert-OH is 1. The van der Waals surface area contributed by atoms with Crippen LogP contribution < -0.4 is 21.0 Å². The number of likely N-dealkylation sites (N-methyl/N-ethyl adjacent to an activating group) is 3. The lowest BCUT2D eigenvalue weighted by Gasteiger charge is -2.37. The van der Waals surface area contributed by atoms with Crippen LogP contribution in [0, 0.1) is 0 Å². The highest BCUT2D eigenvalue weighted by atomic mass is 35.5. The van der Waals surface area contributed by atoms with Gasteiger partial charge in [-0.3, -0.25) is 33.6 Å². The van der Waals surface area contributed by atoms with Crippen LogP contribution in [0.3, 0.4) is 0 Å². The van der Waals surface area contributed by atoms with Gasteiger partial charge in [0.2, 0.25) is 0 Å². The van der Waals surface area contributed by atoms with Gasteiger partial charge in [0, 0.05) is 136 Å². The van der Waals surface area contributed by atoms with Crippen molar-refractivity contribution in [3.63, 3.8) is 0 Å². The van der Waals surface area contributed by atoms with Crippen molar-refractivity contribution >= 4 is 91.6 Å². The highest BCUT2D eigenvalue weighted by Gasteiger charge is 2.40. The Bertz CT molecular complexity index is 5180. The maximum absolute atomic E-state index is 13.5. The fourth-order valence-electron chi connectivity index (χ4n) is 14.2. The molecule has 3 aromatic heterocycles. The number of carbonyl (C=O) groups is 4. The normalized spacial score (nSPS) is 17.5. The third kappa shape index (κ3) is 26.1. The molecule has 0 amide bonds. The quantitative estimate of drug-likeness (QED) is 0.0114. The molecule has 7 N–H and O–H groups in total. The Morgan fingerprint density at radius 1 is 0.405 bits per heavy atom. The number of hydrogen-bond donors (Lipinski definition) is 7. The number of esters is 3. The zero-order chi connectivity index (χ0) is 87.4. The first kappa shape index (κ1) is 95.1. The predicted molar refractivity (Wildman–Crippen MR) is 450 cm³/mol. The molecule has 3 aliphatic heterocycles. The number of methoxy groups -OCH3 is 4. The van der Waals surface area contributed by atoms with Gasteiger partial charge >= 0.3 is 23.9 Å². The molecular formula is C87H102Cl3N3O28. The van der Waals surface area contributed by atoms with Crippen LogP contribution in [0.4, 0.5) is 0 Å². The van der Waals surface area contributed by atoms with Gasteiger partial charge in [-0.2, -0.15) is 0 Å². The van der Waals surface area contributed by atoms with Gasteiger partial charge in [0.15, 0.2) is 16.3 Å². The van der Waals surface area contributed by atoms with Crippen LogP contribution in [-0.4, -0.2) is 261 Å². The second-order valence-electron chi connectivity index (χ2n) is 28.8. The Balaban J connectivity index is 0.000000199. The summed E-state index contributed by atoms with van der Waals surface area (Å²) in [6.07, 6.45) is -0.467. The number of likely N-dealkylation sites (tertiary alicyclic amines) is 3. The third-order valence-corrected chi connectivity index (χ3v) is 21.1. The number of rotatable bonds is 33. The zero-order valence-corrected chi connectivity index (χ0v) is 70.5. The predicted octanol–water partition coefficient (Wildman–Crippen LogP) is 11.5. The number of phenolic OH excluding ortho intramolecular Hbond substituents is 5. The van der Waals surface area contributed by atoms with E-state index in [2.05, 4.69) is 4.74 Å².